The molecule has 3 N–H and O–H groups in total. The summed E-state index contributed by atoms with van der Waals surface area (Å²) in [7, 11) is 0. The van der Waals surface area contributed by atoms with Gasteiger partial charge in [-0.05, 0) is 36.5 Å². The number of pyridine rings is 1. The minimum absolute atomic E-state index is 0.0216. The first-order chi connectivity index (χ1) is 12.9. The lowest BCUT2D eigenvalue weighted by atomic mass is 9.81. The summed E-state index contributed by atoms with van der Waals surface area (Å²) in [5, 5.41) is 2.64. The normalized spacial score (nSPS) is 22.3. The number of nitrogen functional groups attached to an aromatic ring is 1. The van der Waals surface area contributed by atoms with Crippen molar-refractivity contribution < 1.29 is 9.59 Å². The van der Waals surface area contributed by atoms with Crippen molar-refractivity contribution in [1.29, 1.82) is 0 Å². The maximum absolute atomic E-state index is 13.0. The second kappa shape index (κ2) is 7.70. The number of carbonyl (C=O) groups is 2. The van der Waals surface area contributed by atoms with Crippen LogP contribution in [-0.2, 0) is 9.59 Å². The molecule has 2 amide bonds. The van der Waals surface area contributed by atoms with Crippen LogP contribution in [0.4, 0.5) is 11.5 Å². The van der Waals surface area contributed by atoms with Crippen molar-refractivity contribution in [1.82, 2.24) is 9.88 Å². The number of hydrogen-bond donors (Lipinski definition) is 2. The number of amides is 2. The largest absolute Gasteiger partial charge is 0.383 e. The van der Waals surface area contributed by atoms with Crippen LogP contribution in [0.1, 0.15) is 30.5 Å². The van der Waals surface area contributed by atoms with E-state index in [-0.39, 0.29) is 17.9 Å². The summed E-state index contributed by atoms with van der Waals surface area (Å²) in [5.41, 5.74) is 7.89. The Morgan fingerprint density at radius 1 is 1.30 bits per heavy atom. The fourth-order valence-corrected chi connectivity index (χ4v) is 3.70. The Morgan fingerprint density at radius 2 is 2.00 bits per heavy atom. The lowest BCUT2D eigenvalue weighted by Gasteiger charge is -2.39. The molecule has 2 aromatic rings. The Labute approximate surface area is 159 Å². The van der Waals surface area contributed by atoms with E-state index in [1.165, 1.54) is 6.20 Å². The number of piperidine rings is 1. The molecule has 0 radical (unpaired) electrons. The predicted molar refractivity (Wildman–Crippen MR) is 106 cm³/mol. The number of nitrogens with two attached hydrogens (primary N) is 1. The summed E-state index contributed by atoms with van der Waals surface area (Å²) in [6.07, 6.45) is 2.36. The summed E-state index contributed by atoms with van der Waals surface area (Å²) in [6, 6.07) is 11.2. The van der Waals surface area contributed by atoms with E-state index in [0.717, 1.165) is 17.5 Å². The molecule has 6 nitrogen and oxygen atoms in total. The van der Waals surface area contributed by atoms with Crippen molar-refractivity contribution >= 4 is 23.3 Å². The van der Waals surface area contributed by atoms with Crippen LogP contribution in [0.5, 0.6) is 0 Å². The SMILES string of the molecule is [CH2+]C1CC(C)CN(C(=O)C(=O)Nc2cnc(N)c(C)c2)C1c1ccccc1. The maximum Gasteiger partial charge on any atom is 0.313 e. The van der Waals surface area contributed by atoms with Crippen molar-refractivity contribution in [2.24, 2.45) is 11.8 Å². The molecule has 1 aromatic heterocycles. The Morgan fingerprint density at radius 3 is 2.67 bits per heavy atom. The number of anilines is 2. The molecular formula is C21H25N4O2+. The number of rotatable bonds is 2. The number of aromatic nitrogens is 1. The molecule has 3 rings (SSSR count). The molecule has 140 valence electrons. The first kappa shape index (κ1) is 18.8. The summed E-state index contributed by atoms with van der Waals surface area (Å²) in [5.74, 6) is -0.534. The van der Waals surface area contributed by atoms with Crippen LogP contribution < -0.4 is 11.1 Å². The van der Waals surface area contributed by atoms with Crippen LogP contribution in [0.15, 0.2) is 42.6 Å². The molecule has 6 heteroatoms. The highest BCUT2D eigenvalue weighted by Crippen LogP contribution is 2.37. The summed E-state index contributed by atoms with van der Waals surface area (Å²) in [4.78, 5) is 31.3. The Balaban J connectivity index is 1.83. The van der Waals surface area contributed by atoms with Gasteiger partial charge in [-0.3, -0.25) is 9.59 Å². The quantitative estimate of drug-likeness (QED) is 0.633. The van der Waals surface area contributed by atoms with Gasteiger partial charge in [0.05, 0.1) is 18.8 Å². The van der Waals surface area contributed by atoms with Crippen LogP contribution in [-0.4, -0.2) is 28.2 Å². The summed E-state index contributed by atoms with van der Waals surface area (Å²) >= 11 is 0. The van der Waals surface area contributed by atoms with Gasteiger partial charge >= 0.3 is 11.8 Å². The Kier molecular flexibility index (Phi) is 5.35. The van der Waals surface area contributed by atoms with E-state index in [9.17, 15) is 9.59 Å². The molecule has 0 spiro atoms. The smallest absolute Gasteiger partial charge is 0.313 e. The molecule has 1 aliphatic heterocycles. The zero-order valence-corrected chi connectivity index (χ0v) is 15.7. The first-order valence-corrected chi connectivity index (χ1v) is 9.09. The monoisotopic (exact) mass is 365 g/mol. The van der Waals surface area contributed by atoms with E-state index in [1.54, 1.807) is 17.9 Å². The molecule has 3 atom stereocenters. The van der Waals surface area contributed by atoms with Crippen molar-refractivity contribution in [3.63, 3.8) is 0 Å². The van der Waals surface area contributed by atoms with Gasteiger partial charge in [-0.25, -0.2) is 4.98 Å². The van der Waals surface area contributed by atoms with E-state index in [0.29, 0.717) is 18.1 Å². The molecule has 1 aromatic carbocycles. The third kappa shape index (κ3) is 4.05. The molecule has 1 aliphatic rings. The highest BCUT2D eigenvalue weighted by Gasteiger charge is 2.41. The average molecular weight is 365 g/mol. The standard InChI is InChI=1S/C21H24N4O2/c1-13-9-14(2)18(16-7-5-4-6-8-16)25(12-13)21(27)20(26)24-17-10-15(3)19(22)23-11-17/h4-8,10-11,13-14,18H,2,9,12H2,1,3H3,(H2-,22,23,24,26,27)/p+1. The highest BCUT2D eigenvalue weighted by atomic mass is 16.2. The van der Waals surface area contributed by atoms with E-state index < -0.39 is 11.8 Å². The zero-order chi connectivity index (χ0) is 19.6. The third-order valence-corrected chi connectivity index (χ3v) is 4.97. The average Bonchev–Trinajstić information content (AvgIpc) is 2.64. The van der Waals surface area contributed by atoms with Gasteiger partial charge in [0, 0.05) is 6.54 Å². The number of aryl methyl sites for hydroxylation is 1. The summed E-state index contributed by atoms with van der Waals surface area (Å²) < 4.78 is 0. The molecular weight excluding hydrogens is 340 g/mol. The first-order valence-electron chi connectivity index (χ1n) is 9.09. The topological polar surface area (TPSA) is 88.3 Å². The Hall–Kier alpha value is -3.02. The van der Waals surface area contributed by atoms with Gasteiger partial charge in [0.25, 0.3) is 0 Å². The predicted octanol–water partition coefficient (Wildman–Crippen LogP) is 2.97. The number of hydrogen-bond acceptors (Lipinski definition) is 4. The lowest BCUT2D eigenvalue weighted by molar-refractivity contribution is -0.147. The second-order valence-corrected chi connectivity index (χ2v) is 7.29. The van der Waals surface area contributed by atoms with E-state index in [4.69, 9.17) is 5.73 Å². The zero-order valence-electron chi connectivity index (χ0n) is 15.7. The highest BCUT2D eigenvalue weighted by molar-refractivity contribution is 6.39. The van der Waals surface area contributed by atoms with Gasteiger partial charge < -0.3 is 16.0 Å². The fourth-order valence-electron chi connectivity index (χ4n) is 3.70. The number of carbonyl (C=O) groups excluding carboxylic acids is 2. The van der Waals surface area contributed by atoms with Gasteiger partial charge in [-0.1, -0.05) is 37.3 Å². The van der Waals surface area contributed by atoms with E-state index >= 15 is 0 Å². The van der Waals surface area contributed by atoms with Crippen molar-refractivity contribution in [2.75, 3.05) is 17.6 Å². The molecule has 2 heterocycles. The van der Waals surface area contributed by atoms with Gasteiger partial charge in [0.15, 0.2) is 0 Å². The van der Waals surface area contributed by atoms with E-state index in [1.807, 2.05) is 30.3 Å². The minimum atomic E-state index is -0.678. The van der Waals surface area contributed by atoms with Gasteiger partial charge in [-0.2, -0.15) is 0 Å². The molecule has 27 heavy (non-hydrogen) atoms. The molecule has 1 fully saturated rings. The van der Waals surface area contributed by atoms with Crippen LogP contribution in [0.3, 0.4) is 0 Å². The van der Waals surface area contributed by atoms with Gasteiger partial charge in [-0.15, -0.1) is 0 Å². The van der Waals surface area contributed by atoms with Crippen LogP contribution in [0, 0.1) is 25.7 Å². The van der Waals surface area contributed by atoms with Crippen LogP contribution in [0.25, 0.3) is 0 Å². The van der Waals surface area contributed by atoms with Gasteiger partial charge in [0.2, 0.25) is 0 Å². The van der Waals surface area contributed by atoms with Crippen LogP contribution in [0.2, 0.25) is 0 Å². The van der Waals surface area contributed by atoms with E-state index in [2.05, 4.69) is 24.1 Å². The maximum atomic E-state index is 13.0. The lowest BCUT2D eigenvalue weighted by Crippen LogP contribution is -2.49. The second-order valence-electron chi connectivity index (χ2n) is 7.29. The molecule has 1 saturated heterocycles. The van der Waals surface area contributed by atoms with Crippen molar-refractivity contribution in [3.8, 4) is 0 Å². The molecule has 3 unspecified atom stereocenters. The minimum Gasteiger partial charge on any atom is -0.383 e. The third-order valence-electron chi connectivity index (χ3n) is 4.97. The fraction of sp³-hybridized carbons (Fsp3) is 0.333. The van der Waals surface area contributed by atoms with Crippen molar-refractivity contribution in [3.05, 3.63) is 60.6 Å². The number of benzene rings is 1. The number of nitrogens with one attached hydrogen (secondary N) is 1. The molecule has 0 bridgehead atoms. The van der Waals surface area contributed by atoms with Gasteiger partial charge in [0.1, 0.15) is 17.8 Å². The molecule has 0 aliphatic carbocycles. The number of likely N-dealkylation sites (tertiary alicyclic amines) is 1. The van der Waals surface area contributed by atoms with Crippen molar-refractivity contribution in [2.45, 2.75) is 26.3 Å². The summed E-state index contributed by atoms with van der Waals surface area (Å²) in [6.45, 7) is 8.65. The molecule has 0 saturated carbocycles. The van der Waals surface area contributed by atoms with Crippen LogP contribution >= 0.6 is 0 Å². The number of nitrogens with zero attached hydrogens (tertiary/aromatic N) is 2. The Bertz CT molecular complexity index is 837.